The zero-order chi connectivity index (χ0) is 40.8. The Morgan fingerprint density at radius 1 is 0.182 bits per heavy atom. The minimum Gasteiger partial charge on any atom is -0.110 e. The lowest BCUT2D eigenvalue weighted by molar-refractivity contribution is 1.85. The summed E-state index contributed by atoms with van der Waals surface area (Å²) < 4.78 is 0. The molecule has 0 aliphatic rings. The molecule has 0 saturated carbocycles. The van der Waals surface area contributed by atoms with Crippen molar-refractivity contribution in [2.75, 3.05) is 0 Å². The van der Waals surface area contributed by atoms with Crippen molar-refractivity contribution >= 4 is 323 Å². The normalized spacial score (nSPS) is 11.7. The highest BCUT2D eigenvalue weighted by Crippen LogP contribution is 2.40. The molecule has 0 aromatic heterocycles. The van der Waals surface area contributed by atoms with E-state index in [0.717, 1.165) is 0 Å². The molecule has 0 amide bonds. The molecule has 0 atom stereocenters. The van der Waals surface area contributed by atoms with Crippen LogP contribution in [0.2, 0.25) is 0 Å². The Labute approximate surface area is 348 Å². The summed E-state index contributed by atoms with van der Waals surface area (Å²) in [4.78, 5) is 0. The van der Waals surface area contributed by atoms with Crippen molar-refractivity contribution in [1.29, 1.82) is 0 Å². The quantitative estimate of drug-likeness (QED) is 0.131. The molecule has 0 heterocycles. The summed E-state index contributed by atoms with van der Waals surface area (Å²) >= 11 is 0. The maximum atomic E-state index is 7.01. The monoisotopic (exact) mass is 640 g/mol. The highest BCUT2D eigenvalue weighted by atomic mass is 14.3. The maximum Gasteiger partial charge on any atom is 0.115 e. The molecule has 0 saturated heterocycles. The third kappa shape index (κ3) is 5.22. The lowest BCUT2D eigenvalue weighted by Crippen LogP contribution is -2.53. The molecule has 7 aromatic rings. The molecular weight excluding hydrogens is 635 g/mol. The van der Waals surface area contributed by atoms with E-state index in [1.54, 1.807) is 0 Å². The van der Waals surface area contributed by atoms with Gasteiger partial charge in [-0.1, -0.05) is 71.6 Å². The molecule has 21 heteroatoms. The Bertz CT molecular complexity index is 2900. The van der Waals surface area contributed by atoms with E-state index in [1.165, 1.54) is 6.07 Å². The fraction of sp³-hybridized carbons (Fsp3) is 0. The highest BCUT2D eigenvalue weighted by Gasteiger charge is 2.29. The number of fused-ring (bicyclic) bond motifs is 4. The molecule has 200 valence electrons. The second-order valence-electron chi connectivity index (χ2n) is 13.4. The van der Waals surface area contributed by atoms with Gasteiger partial charge < -0.3 is 0 Å². The van der Waals surface area contributed by atoms with Gasteiger partial charge in [0.15, 0.2) is 0 Å². The van der Waals surface area contributed by atoms with E-state index >= 15 is 0 Å². The summed E-state index contributed by atoms with van der Waals surface area (Å²) in [5.41, 5.74) is -0.824. The van der Waals surface area contributed by atoms with Gasteiger partial charge in [-0.2, -0.15) is 0 Å². The fourth-order valence-corrected chi connectivity index (χ4v) is 7.70. The summed E-state index contributed by atoms with van der Waals surface area (Å²) in [6.45, 7) is 0. The lowest BCUT2D eigenvalue weighted by Gasteiger charge is -2.32. The van der Waals surface area contributed by atoms with Crippen LogP contribution in [0.25, 0.3) is 65.3 Å². The third-order valence-electron chi connectivity index (χ3n) is 10.7. The van der Waals surface area contributed by atoms with Gasteiger partial charge in [0.2, 0.25) is 0 Å². The van der Waals surface area contributed by atoms with Crippen molar-refractivity contribution in [3.63, 3.8) is 0 Å². The first-order chi connectivity index (χ1) is 25.6. The van der Waals surface area contributed by atoms with E-state index in [9.17, 15) is 0 Å². The molecule has 0 fully saturated rings. The van der Waals surface area contributed by atoms with Gasteiger partial charge in [-0.3, -0.25) is 0 Å². The predicted molar refractivity (Wildman–Crippen MR) is 260 cm³/mol. The molecular formula is C34HB21. The maximum absolute atomic E-state index is 7.01. The van der Waals surface area contributed by atoms with E-state index in [-0.39, 0.29) is 175 Å². The van der Waals surface area contributed by atoms with E-state index < -0.39 is 0 Å². The van der Waals surface area contributed by atoms with Crippen molar-refractivity contribution in [1.82, 2.24) is 0 Å². The first-order valence-corrected chi connectivity index (χ1v) is 16.1. The van der Waals surface area contributed by atoms with E-state index in [1.807, 2.05) is 0 Å². The van der Waals surface area contributed by atoms with Crippen LogP contribution in [0.15, 0.2) is 6.07 Å². The van der Waals surface area contributed by atoms with Gasteiger partial charge >= 0.3 is 0 Å². The molecule has 0 N–H and O–H groups in total. The summed E-state index contributed by atoms with van der Waals surface area (Å²) in [5, 5.41) is 1.15. The van der Waals surface area contributed by atoms with Crippen LogP contribution in [-0.2, 0) is 0 Å². The van der Waals surface area contributed by atoms with Crippen molar-refractivity contribution in [3.05, 3.63) is 6.07 Å². The molecule has 0 spiro atoms. The van der Waals surface area contributed by atoms with Gasteiger partial charge in [0.1, 0.15) is 165 Å². The van der Waals surface area contributed by atoms with Gasteiger partial charge in [-0.15, -0.1) is 49.2 Å². The SMILES string of the molecule is [B]c1cc2c([B])c([B])c([B])c([B])c2c([B])c1-c1c2c([B])c([B])c([B])c([B])c2c(-c2c([B])c([B])c([B])c3c([B])c([B])c([B])c([B])c23)c2c([B])c([B])c([B])c([B])c12. The largest absolute Gasteiger partial charge is 0.115 e. The summed E-state index contributed by atoms with van der Waals surface area (Å²) in [5.74, 6) is 0. The van der Waals surface area contributed by atoms with Gasteiger partial charge in [0, 0.05) is 0 Å². The number of rotatable bonds is 2. The highest BCUT2D eigenvalue weighted by molar-refractivity contribution is 6.76. The van der Waals surface area contributed by atoms with Crippen LogP contribution in [-0.4, -0.2) is 165 Å². The second kappa shape index (κ2) is 13.5. The third-order valence-corrected chi connectivity index (χ3v) is 10.7. The van der Waals surface area contributed by atoms with Crippen LogP contribution >= 0.6 is 0 Å². The van der Waals surface area contributed by atoms with Gasteiger partial charge in [-0.25, -0.2) is 0 Å². The van der Waals surface area contributed by atoms with Crippen LogP contribution in [0.4, 0.5) is 0 Å². The summed E-state index contributed by atoms with van der Waals surface area (Å²) in [6, 6.07) is 1.51. The van der Waals surface area contributed by atoms with Gasteiger partial charge in [0.25, 0.3) is 0 Å². The molecule has 7 aromatic carbocycles. The molecule has 55 heavy (non-hydrogen) atoms. The number of hydrogen-bond acceptors (Lipinski definition) is 0. The average molecular weight is 636 g/mol. The Hall–Kier alpha value is -3.06. The molecule has 0 nitrogen and oxygen atoms in total. The van der Waals surface area contributed by atoms with Crippen LogP contribution in [0.3, 0.4) is 0 Å². The molecule has 0 aliphatic heterocycles. The van der Waals surface area contributed by atoms with Crippen molar-refractivity contribution < 1.29 is 0 Å². The van der Waals surface area contributed by atoms with Crippen LogP contribution in [0.1, 0.15) is 0 Å². The number of hydrogen-bond donors (Lipinski definition) is 0. The molecule has 0 bridgehead atoms. The smallest absolute Gasteiger partial charge is 0.110 e. The topological polar surface area (TPSA) is 0 Å². The minimum absolute atomic E-state index is 0.0136. The van der Waals surface area contributed by atoms with Crippen molar-refractivity contribution in [3.8, 4) is 22.3 Å². The standard InChI is InChI=1S/C34HB21/c35-3-1-2-4(17(38)28(49)26(47)15(2)36)16(37)5(3)6-8-10(21(42)31(52)29(50)19(8)40)7(11-9(6)20(41)30(51)32(53)22(11)43)12-13-14(24(45)27(48)18(12)39)25(46)34(55)33(54)23(13)44/h1H. The summed E-state index contributed by atoms with van der Waals surface area (Å²) in [7, 11) is 139. The van der Waals surface area contributed by atoms with Gasteiger partial charge in [-0.05, 0) is 65.3 Å². The second-order valence-corrected chi connectivity index (χ2v) is 13.4. The first-order valence-electron chi connectivity index (χ1n) is 16.1. The summed E-state index contributed by atoms with van der Waals surface area (Å²) in [6.07, 6.45) is 0. The average Bonchev–Trinajstić information content (AvgIpc) is 3.15. The van der Waals surface area contributed by atoms with E-state index in [4.69, 9.17) is 165 Å². The molecule has 7 rings (SSSR count). The van der Waals surface area contributed by atoms with Crippen LogP contribution < -0.4 is 115 Å². The van der Waals surface area contributed by atoms with Crippen molar-refractivity contribution in [2.45, 2.75) is 0 Å². The fourth-order valence-electron chi connectivity index (χ4n) is 7.70. The number of benzene rings is 7. The van der Waals surface area contributed by atoms with Crippen LogP contribution in [0, 0.1) is 0 Å². The zero-order valence-corrected chi connectivity index (χ0v) is 29.2. The Kier molecular flexibility index (Phi) is 9.87. The molecule has 0 aliphatic carbocycles. The zero-order valence-electron chi connectivity index (χ0n) is 29.2. The Morgan fingerprint density at radius 3 is 0.800 bits per heavy atom. The predicted octanol–water partition coefficient (Wildman–Crippen LogP) is -15.7. The Morgan fingerprint density at radius 2 is 0.436 bits per heavy atom. The molecule has 0 unspecified atom stereocenters. The van der Waals surface area contributed by atoms with E-state index in [2.05, 4.69) is 0 Å². The minimum atomic E-state index is -0.117. The van der Waals surface area contributed by atoms with E-state index in [0.29, 0.717) is 5.39 Å². The van der Waals surface area contributed by atoms with Crippen LogP contribution in [0.5, 0.6) is 0 Å². The van der Waals surface area contributed by atoms with Crippen molar-refractivity contribution in [2.24, 2.45) is 0 Å². The van der Waals surface area contributed by atoms with Gasteiger partial charge in [0.05, 0.1) is 0 Å². The molecule has 42 radical (unpaired) electrons. The lowest BCUT2D eigenvalue weighted by atomic mass is 9.56. The Balaban J connectivity index is 1.94. The first kappa shape index (κ1) is 40.2.